The van der Waals surface area contributed by atoms with Gasteiger partial charge in [-0.05, 0) is 31.6 Å². The van der Waals surface area contributed by atoms with Gasteiger partial charge in [0.1, 0.15) is 12.7 Å². The first-order valence-electron chi connectivity index (χ1n) is 8.38. The Hall–Kier alpha value is -2.57. The number of carbonyl (C=O) groups excluding carboxylic acids is 2. The van der Waals surface area contributed by atoms with Crippen LogP contribution >= 0.6 is 0 Å². The van der Waals surface area contributed by atoms with Gasteiger partial charge < -0.3 is 19.5 Å². The first kappa shape index (κ1) is 18.8. The lowest BCUT2D eigenvalue weighted by molar-refractivity contribution is -0.148. The second kappa shape index (κ2) is 8.50. The monoisotopic (exact) mass is 349 g/mol. The summed E-state index contributed by atoms with van der Waals surface area (Å²) in [5.41, 5.74) is 1.65. The van der Waals surface area contributed by atoms with E-state index in [9.17, 15) is 14.4 Å². The van der Waals surface area contributed by atoms with Gasteiger partial charge in [0.05, 0.1) is 12.8 Å². The fourth-order valence-electron chi connectivity index (χ4n) is 2.88. The highest BCUT2D eigenvalue weighted by molar-refractivity contribution is 5.85. The van der Waals surface area contributed by atoms with Crippen LogP contribution in [-0.2, 0) is 23.9 Å². The van der Waals surface area contributed by atoms with Crippen molar-refractivity contribution in [2.24, 2.45) is 5.92 Å². The maximum atomic E-state index is 11.8. The molecule has 25 heavy (non-hydrogen) atoms. The van der Waals surface area contributed by atoms with Crippen molar-refractivity contribution in [3.63, 3.8) is 0 Å². The molecule has 7 nitrogen and oxygen atoms in total. The van der Waals surface area contributed by atoms with Crippen molar-refractivity contribution in [1.29, 1.82) is 0 Å². The van der Waals surface area contributed by atoms with Gasteiger partial charge in [0.15, 0.2) is 0 Å². The number of fused-ring (bicyclic) bond motifs is 1. The lowest BCUT2D eigenvalue weighted by Gasteiger charge is -2.33. The van der Waals surface area contributed by atoms with Gasteiger partial charge in [-0.1, -0.05) is 6.08 Å². The van der Waals surface area contributed by atoms with Crippen LogP contribution in [0.3, 0.4) is 0 Å². The molecule has 0 aromatic heterocycles. The van der Waals surface area contributed by atoms with E-state index >= 15 is 0 Å². The zero-order valence-corrected chi connectivity index (χ0v) is 14.4. The molecular weight excluding hydrogens is 326 g/mol. The van der Waals surface area contributed by atoms with E-state index in [1.165, 1.54) is 6.08 Å². The van der Waals surface area contributed by atoms with Crippen LogP contribution in [0.1, 0.15) is 26.7 Å². The third-order valence-electron chi connectivity index (χ3n) is 4.22. The molecule has 2 aliphatic rings. The summed E-state index contributed by atoms with van der Waals surface area (Å²) in [4.78, 5) is 36.0. The molecular formula is C18H23NO6. The molecule has 7 heteroatoms. The second-order valence-corrected chi connectivity index (χ2v) is 5.82. The normalized spacial score (nSPS) is 21.6. The summed E-state index contributed by atoms with van der Waals surface area (Å²) < 4.78 is 10.5. The van der Waals surface area contributed by atoms with E-state index in [4.69, 9.17) is 14.6 Å². The van der Waals surface area contributed by atoms with Crippen LogP contribution in [0.4, 0.5) is 0 Å². The minimum atomic E-state index is -1.05. The van der Waals surface area contributed by atoms with Crippen LogP contribution in [0.15, 0.2) is 35.6 Å². The molecule has 1 aliphatic heterocycles. The van der Waals surface area contributed by atoms with E-state index in [1.807, 2.05) is 18.2 Å². The lowest BCUT2D eigenvalue weighted by atomic mass is 9.87. The van der Waals surface area contributed by atoms with Crippen molar-refractivity contribution in [3.8, 4) is 0 Å². The number of carbonyl (C=O) groups is 3. The molecule has 0 fully saturated rings. The zero-order chi connectivity index (χ0) is 18.4. The predicted molar refractivity (Wildman–Crippen MR) is 89.4 cm³/mol. The standard InChI is InChI=1S/C18H23NO6/c1-3-19(4-2)13-5-6-14-12(9-18(23)25-15(14)10-13)11-24-17(22)8-7-16(20)21/h5-6,9-10,14-15H,3-4,7-8,11H2,1-2H3,(H,20,21). The fraction of sp³-hybridized carbons (Fsp3) is 0.500. The number of allylic oxidation sites excluding steroid dienone is 1. The average molecular weight is 349 g/mol. The molecule has 136 valence electrons. The molecule has 0 saturated heterocycles. The van der Waals surface area contributed by atoms with Crippen LogP contribution in [-0.4, -0.2) is 53.7 Å². The quantitative estimate of drug-likeness (QED) is 0.666. The summed E-state index contributed by atoms with van der Waals surface area (Å²) in [6, 6.07) is 0. The highest BCUT2D eigenvalue weighted by Crippen LogP contribution is 2.31. The largest absolute Gasteiger partial charge is 0.481 e. The Morgan fingerprint density at radius 2 is 2.00 bits per heavy atom. The number of nitrogens with zero attached hydrogens (tertiary/aromatic N) is 1. The van der Waals surface area contributed by atoms with Gasteiger partial charge in [0.2, 0.25) is 0 Å². The van der Waals surface area contributed by atoms with E-state index in [0.717, 1.165) is 18.8 Å². The molecule has 0 aromatic carbocycles. The Bertz CT molecular complexity index is 629. The molecule has 1 N–H and O–H groups in total. The van der Waals surface area contributed by atoms with Crippen LogP contribution < -0.4 is 0 Å². The first-order chi connectivity index (χ1) is 11.9. The van der Waals surface area contributed by atoms with Gasteiger partial charge in [-0.15, -0.1) is 0 Å². The summed E-state index contributed by atoms with van der Waals surface area (Å²) in [5.74, 6) is -2.30. The number of ether oxygens (including phenoxy) is 2. The molecule has 0 aromatic rings. The van der Waals surface area contributed by atoms with Crippen LogP contribution in [0.5, 0.6) is 0 Å². The number of carboxylic acid groups (broad SMARTS) is 1. The molecule has 0 radical (unpaired) electrons. The Kier molecular flexibility index (Phi) is 6.38. The minimum Gasteiger partial charge on any atom is -0.481 e. The first-order valence-corrected chi connectivity index (χ1v) is 8.38. The number of hydrogen-bond acceptors (Lipinski definition) is 6. The van der Waals surface area contributed by atoms with Crippen LogP contribution in [0.2, 0.25) is 0 Å². The van der Waals surface area contributed by atoms with E-state index in [1.54, 1.807) is 0 Å². The molecule has 2 unspecified atom stereocenters. The molecule has 0 amide bonds. The third-order valence-corrected chi connectivity index (χ3v) is 4.22. The van der Waals surface area contributed by atoms with Gasteiger partial charge in [-0.25, -0.2) is 4.79 Å². The molecule has 2 atom stereocenters. The summed E-state index contributed by atoms with van der Waals surface area (Å²) in [7, 11) is 0. The number of hydrogen-bond donors (Lipinski definition) is 1. The summed E-state index contributed by atoms with van der Waals surface area (Å²) in [6.45, 7) is 5.76. The number of rotatable bonds is 8. The van der Waals surface area contributed by atoms with Gasteiger partial charge in [0.25, 0.3) is 0 Å². The highest BCUT2D eigenvalue weighted by atomic mass is 16.5. The Morgan fingerprint density at radius 3 is 2.64 bits per heavy atom. The van der Waals surface area contributed by atoms with Gasteiger partial charge >= 0.3 is 17.9 Å². The summed E-state index contributed by atoms with van der Waals surface area (Å²) in [5, 5.41) is 8.58. The maximum Gasteiger partial charge on any atom is 0.331 e. The smallest absolute Gasteiger partial charge is 0.331 e. The summed E-state index contributed by atoms with van der Waals surface area (Å²) in [6.07, 6.45) is 6.28. The SMILES string of the molecule is CCN(CC)C1=CC2OC(=O)C=C(COC(=O)CCC(=O)O)C2C=C1. The zero-order valence-electron chi connectivity index (χ0n) is 14.4. The molecule has 0 saturated carbocycles. The van der Waals surface area contributed by atoms with Crippen LogP contribution in [0, 0.1) is 5.92 Å². The maximum absolute atomic E-state index is 11.8. The highest BCUT2D eigenvalue weighted by Gasteiger charge is 2.33. The topological polar surface area (TPSA) is 93.1 Å². The molecule has 0 spiro atoms. The van der Waals surface area contributed by atoms with Crippen molar-refractivity contribution in [2.75, 3.05) is 19.7 Å². The molecule has 1 heterocycles. The average Bonchev–Trinajstić information content (AvgIpc) is 2.58. The van der Waals surface area contributed by atoms with E-state index < -0.39 is 24.0 Å². The van der Waals surface area contributed by atoms with Crippen molar-refractivity contribution >= 4 is 17.9 Å². The van der Waals surface area contributed by atoms with Crippen molar-refractivity contribution in [2.45, 2.75) is 32.8 Å². The van der Waals surface area contributed by atoms with Gasteiger partial charge in [-0.2, -0.15) is 0 Å². The second-order valence-electron chi connectivity index (χ2n) is 5.82. The predicted octanol–water partition coefficient (Wildman–Crippen LogP) is 1.66. The number of carboxylic acids is 1. The molecule has 2 rings (SSSR count). The van der Waals surface area contributed by atoms with Crippen molar-refractivity contribution < 1.29 is 29.0 Å². The van der Waals surface area contributed by atoms with E-state index in [-0.39, 0.29) is 25.4 Å². The van der Waals surface area contributed by atoms with Crippen molar-refractivity contribution in [3.05, 3.63) is 35.6 Å². The molecule has 1 aliphatic carbocycles. The number of esters is 2. The Balaban J connectivity index is 2.02. The minimum absolute atomic E-state index is 0.0481. The van der Waals surface area contributed by atoms with E-state index in [2.05, 4.69) is 18.7 Å². The van der Waals surface area contributed by atoms with Crippen molar-refractivity contribution in [1.82, 2.24) is 4.90 Å². The Labute approximate surface area is 146 Å². The van der Waals surface area contributed by atoms with Gasteiger partial charge in [0, 0.05) is 30.8 Å². The van der Waals surface area contributed by atoms with Crippen LogP contribution in [0.25, 0.3) is 0 Å². The third kappa shape index (κ3) is 4.95. The number of likely N-dealkylation sites (N-methyl/N-ethyl adjacent to an activating group) is 1. The van der Waals surface area contributed by atoms with E-state index in [0.29, 0.717) is 5.57 Å². The van der Waals surface area contributed by atoms with Gasteiger partial charge in [-0.3, -0.25) is 9.59 Å². The fourth-order valence-corrected chi connectivity index (χ4v) is 2.88. The molecule has 0 bridgehead atoms. The summed E-state index contributed by atoms with van der Waals surface area (Å²) >= 11 is 0. The Morgan fingerprint density at radius 1 is 1.28 bits per heavy atom. The lowest BCUT2D eigenvalue weighted by Crippen LogP contribution is -2.35. The number of aliphatic carboxylic acids is 1.